The van der Waals surface area contributed by atoms with Crippen molar-refractivity contribution >= 4 is 22.9 Å². The number of aromatic nitrogens is 3. The van der Waals surface area contributed by atoms with Crippen LogP contribution in [0.25, 0.3) is 22.6 Å². The lowest BCUT2D eigenvalue weighted by Crippen LogP contribution is -2.35. The van der Waals surface area contributed by atoms with Crippen molar-refractivity contribution in [3.63, 3.8) is 0 Å². The second-order valence-electron chi connectivity index (χ2n) is 7.88. The Morgan fingerprint density at radius 2 is 1.97 bits per heavy atom. The molecule has 10 nitrogen and oxygen atoms in total. The molecule has 0 spiro atoms. The third-order valence-corrected chi connectivity index (χ3v) is 5.69. The Hall–Kier alpha value is -2.79. The number of aryl methyl sites for hydroxylation is 1. The lowest BCUT2D eigenvalue weighted by Gasteiger charge is -2.21. The summed E-state index contributed by atoms with van der Waals surface area (Å²) in [7, 11) is 0. The van der Waals surface area contributed by atoms with E-state index in [4.69, 9.17) is 9.15 Å². The summed E-state index contributed by atoms with van der Waals surface area (Å²) in [5.74, 6) is 0.773. The Morgan fingerprint density at radius 3 is 2.69 bits per heavy atom. The summed E-state index contributed by atoms with van der Waals surface area (Å²) in [5.41, 5.74) is 2.57. The third kappa shape index (κ3) is 4.53. The highest BCUT2D eigenvalue weighted by Crippen LogP contribution is 2.35. The molecule has 1 aliphatic rings. The molecule has 4 rings (SSSR count). The number of nitrogens with one attached hydrogen (secondary N) is 2. The van der Waals surface area contributed by atoms with Gasteiger partial charge in [0.25, 0.3) is 0 Å². The number of benzene rings is 1. The zero-order chi connectivity index (χ0) is 22.7. The fraction of sp³-hybridized carbons (Fsp3) is 0.500. The second kappa shape index (κ2) is 9.78. The van der Waals surface area contributed by atoms with Gasteiger partial charge in [0.05, 0.1) is 24.4 Å². The van der Waals surface area contributed by atoms with Crippen molar-refractivity contribution in [1.29, 1.82) is 0 Å². The molecule has 0 saturated heterocycles. The number of aliphatic hydroxyl groups is 3. The van der Waals surface area contributed by atoms with Crippen LogP contribution in [0.15, 0.2) is 28.7 Å². The molecule has 172 valence electrons. The van der Waals surface area contributed by atoms with Crippen LogP contribution in [0.3, 0.4) is 0 Å². The van der Waals surface area contributed by atoms with Gasteiger partial charge in [-0.3, -0.25) is 0 Å². The first-order valence-corrected chi connectivity index (χ1v) is 10.8. The number of anilines is 2. The molecule has 2 aromatic heterocycles. The van der Waals surface area contributed by atoms with Crippen LogP contribution in [0.5, 0.6) is 0 Å². The maximum absolute atomic E-state index is 10.5. The number of para-hydroxylation sites is 2. The third-order valence-electron chi connectivity index (χ3n) is 5.69. The number of aliphatic hydroxyl groups excluding tert-OH is 3. The topological polar surface area (TPSA) is 146 Å². The number of nitrogens with zero attached hydrogens (tertiary/aromatic N) is 3. The first kappa shape index (κ1) is 22.4. The first-order chi connectivity index (χ1) is 15.5. The average molecular weight is 444 g/mol. The van der Waals surface area contributed by atoms with E-state index < -0.39 is 24.2 Å². The maximum atomic E-state index is 10.5. The summed E-state index contributed by atoms with van der Waals surface area (Å²) >= 11 is 0. The number of ether oxygens (including phenoxy) is 1. The van der Waals surface area contributed by atoms with Crippen LogP contribution in [0.1, 0.15) is 19.0 Å². The quantitative estimate of drug-likeness (QED) is 0.309. The van der Waals surface area contributed by atoms with Gasteiger partial charge < -0.3 is 35.1 Å². The minimum Gasteiger partial charge on any atom is -0.436 e. The molecule has 1 aliphatic carbocycles. The van der Waals surface area contributed by atoms with Gasteiger partial charge in [-0.2, -0.15) is 4.98 Å². The van der Waals surface area contributed by atoms with Crippen LogP contribution < -0.4 is 10.6 Å². The molecule has 1 fully saturated rings. The number of oxazole rings is 1. The number of hydrogen-bond acceptors (Lipinski definition) is 10. The van der Waals surface area contributed by atoms with Gasteiger partial charge in [-0.25, -0.2) is 9.97 Å². The van der Waals surface area contributed by atoms with Crippen molar-refractivity contribution in [2.75, 3.05) is 37.0 Å². The number of fused-ring (bicyclic) bond motifs is 1. The van der Waals surface area contributed by atoms with E-state index in [2.05, 4.69) is 25.6 Å². The minimum absolute atomic E-state index is 0.207. The van der Waals surface area contributed by atoms with Crippen molar-refractivity contribution in [2.45, 2.75) is 38.5 Å². The smallest absolute Gasteiger partial charge is 0.232 e. The summed E-state index contributed by atoms with van der Waals surface area (Å²) in [6.45, 7) is 5.23. The monoisotopic (exact) mass is 443 g/mol. The van der Waals surface area contributed by atoms with Gasteiger partial charge >= 0.3 is 0 Å². The Bertz CT molecular complexity index is 1030. The average Bonchev–Trinajstić information content (AvgIpc) is 3.32. The van der Waals surface area contributed by atoms with Crippen molar-refractivity contribution < 1.29 is 24.5 Å². The van der Waals surface area contributed by atoms with E-state index in [-0.39, 0.29) is 6.61 Å². The molecule has 1 aromatic carbocycles. The molecule has 0 aliphatic heterocycles. The maximum Gasteiger partial charge on any atom is 0.232 e. The Balaban J connectivity index is 1.69. The Morgan fingerprint density at radius 1 is 1.16 bits per heavy atom. The van der Waals surface area contributed by atoms with Gasteiger partial charge in [0.15, 0.2) is 5.58 Å². The van der Waals surface area contributed by atoms with Crippen LogP contribution in [-0.2, 0) is 4.74 Å². The number of hydrogen-bond donors (Lipinski definition) is 5. The highest BCUT2D eigenvalue weighted by atomic mass is 16.5. The molecule has 0 unspecified atom stereocenters. The molecule has 1 saturated carbocycles. The minimum atomic E-state index is -1.05. The SMILES string of the molecule is CCOCCNc1nc(C)c(-c2nc3ccccc3o2)c(N[C@@H]2C[C@H](CO)[C@@H](O)[C@H]2O)n1. The van der Waals surface area contributed by atoms with E-state index in [1.807, 2.05) is 38.1 Å². The van der Waals surface area contributed by atoms with Crippen LogP contribution in [0, 0.1) is 12.8 Å². The Kier molecular flexibility index (Phi) is 6.85. The summed E-state index contributed by atoms with van der Waals surface area (Å²) in [4.78, 5) is 13.7. The molecule has 0 radical (unpaired) electrons. The van der Waals surface area contributed by atoms with Crippen LogP contribution in [0.4, 0.5) is 11.8 Å². The molecule has 0 bridgehead atoms. The zero-order valence-electron chi connectivity index (χ0n) is 18.2. The highest BCUT2D eigenvalue weighted by molar-refractivity contribution is 5.80. The van der Waals surface area contributed by atoms with Crippen molar-refractivity contribution in [2.24, 2.45) is 5.92 Å². The van der Waals surface area contributed by atoms with Gasteiger partial charge in [-0.15, -0.1) is 0 Å². The lowest BCUT2D eigenvalue weighted by atomic mass is 10.1. The van der Waals surface area contributed by atoms with Crippen molar-refractivity contribution in [3.05, 3.63) is 30.0 Å². The van der Waals surface area contributed by atoms with Gasteiger partial charge in [0, 0.05) is 25.7 Å². The van der Waals surface area contributed by atoms with Crippen LogP contribution in [0.2, 0.25) is 0 Å². The fourth-order valence-corrected chi connectivity index (χ4v) is 4.00. The van der Waals surface area contributed by atoms with Crippen LogP contribution in [-0.4, -0.2) is 74.9 Å². The van der Waals surface area contributed by atoms with E-state index >= 15 is 0 Å². The first-order valence-electron chi connectivity index (χ1n) is 10.8. The molecule has 10 heteroatoms. The molecular formula is C22H29N5O5. The van der Waals surface area contributed by atoms with E-state index in [1.54, 1.807) is 0 Å². The zero-order valence-corrected chi connectivity index (χ0v) is 18.2. The highest BCUT2D eigenvalue weighted by Gasteiger charge is 2.41. The molecular weight excluding hydrogens is 414 g/mol. The normalized spacial score (nSPS) is 23.0. The molecule has 0 amide bonds. The number of rotatable bonds is 9. The van der Waals surface area contributed by atoms with Crippen molar-refractivity contribution in [1.82, 2.24) is 15.0 Å². The second-order valence-corrected chi connectivity index (χ2v) is 7.88. The summed E-state index contributed by atoms with van der Waals surface area (Å²) < 4.78 is 11.3. The fourth-order valence-electron chi connectivity index (χ4n) is 4.00. The standard InChI is InChI=1S/C22H29N5O5/c1-3-31-9-8-23-22-24-12(2)17(21-26-14-6-4-5-7-16(14)32-21)20(27-22)25-15-10-13(11-28)18(29)19(15)30/h4-7,13,15,18-19,28-30H,3,8-11H2,1-2H3,(H2,23,24,25,27)/t13-,15-,18-,19+/m1/s1. The molecule has 5 N–H and O–H groups in total. The summed E-state index contributed by atoms with van der Waals surface area (Å²) in [6.07, 6.45) is -1.67. The van der Waals surface area contributed by atoms with Crippen LogP contribution >= 0.6 is 0 Å². The summed E-state index contributed by atoms with van der Waals surface area (Å²) in [5, 5.41) is 36.6. The molecule has 2 heterocycles. The molecule has 32 heavy (non-hydrogen) atoms. The van der Waals surface area contributed by atoms with E-state index in [1.165, 1.54) is 0 Å². The molecule has 4 atom stereocenters. The predicted octanol–water partition coefficient (Wildman–Crippen LogP) is 1.56. The van der Waals surface area contributed by atoms with Crippen molar-refractivity contribution in [3.8, 4) is 11.5 Å². The lowest BCUT2D eigenvalue weighted by molar-refractivity contribution is 0.00446. The van der Waals surface area contributed by atoms with E-state index in [9.17, 15) is 15.3 Å². The Labute approximate surface area is 185 Å². The van der Waals surface area contributed by atoms with E-state index in [0.717, 1.165) is 0 Å². The summed E-state index contributed by atoms with van der Waals surface area (Å²) in [6, 6.07) is 6.94. The largest absolute Gasteiger partial charge is 0.436 e. The molecule has 3 aromatic rings. The van der Waals surface area contributed by atoms with Gasteiger partial charge in [-0.1, -0.05) is 12.1 Å². The predicted molar refractivity (Wildman–Crippen MR) is 119 cm³/mol. The van der Waals surface area contributed by atoms with E-state index in [0.29, 0.717) is 66.2 Å². The van der Waals surface area contributed by atoms with Gasteiger partial charge in [0.2, 0.25) is 11.8 Å². The van der Waals surface area contributed by atoms with Gasteiger partial charge in [0.1, 0.15) is 23.0 Å². The van der Waals surface area contributed by atoms with Gasteiger partial charge in [-0.05, 0) is 32.4 Å².